The number of rotatable bonds is 4. The van der Waals surface area contributed by atoms with Crippen LogP contribution in [0.25, 0.3) is 10.8 Å². The second-order valence-electron chi connectivity index (χ2n) is 7.79. The van der Waals surface area contributed by atoms with Gasteiger partial charge in [-0.05, 0) is 30.7 Å². The molecule has 2 aromatic rings. The van der Waals surface area contributed by atoms with Gasteiger partial charge in [0, 0.05) is 31.1 Å². The van der Waals surface area contributed by atoms with E-state index < -0.39 is 0 Å². The Labute approximate surface area is 166 Å². The quantitative estimate of drug-likeness (QED) is 0.867. The lowest BCUT2D eigenvalue weighted by atomic mass is 9.92. The van der Waals surface area contributed by atoms with E-state index in [9.17, 15) is 9.59 Å². The Kier molecular flexibility index (Phi) is 7.00. The molecule has 2 atom stereocenters. The van der Waals surface area contributed by atoms with Gasteiger partial charge in [-0.2, -0.15) is 5.10 Å². The van der Waals surface area contributed by atoms with E-state index in [1.54, 1.807) is 12.1 Å². The fourth-order valence-corrected chi connectivity index (χ4v) is 3.74. The van der Waals surface area contributed by atoms with E-state index in [4.69, 9.17) is 5.73 Å². The number of hydrogen-bond donors (Lipinski definition) is 1. The summed E-state index contributed by atoms with van der Waals surface area (Å²) in [5.41, 5.74) is 6.15. The predicted molar refractivity (Wildman–Crippen MR) is 110 cm³/mol. The predicted octanol–water partition coefficient (Wildman–Crippen LogP) is 2.67. The summed E-state index contributed by atoms with van der Waals surface area (Å²) < 4.78 is 1.43. The average Bonchev–Trinajstić information content (AvgIpc) is 2.63. The molecule has 7 heteroatoms. The smallest absolute Gasteiger partial charge is 0.275 e. The zero-order valence-electron chi connectivity index (χ0n) is 16.2. The van der Waals surface area contributed by atoms with Gasteiger partial charge >= 0.3 is 0 Å². The van der Waals surface area contributed by atoms with Gasteiger partial charge in [0.15, 0.2) is 5.69 Å². The van der Waals surface area contributed by atoms with Crippen LogP contribution >= 0.6 is 12.4 Å². The standard InChI is InChI=1S/C20H28N4O2.ClH/c1-13(2)12-24-19(25)17-7-5-4-6-16(17)18(22-24)20(26)23-9-8-14(3)10-15(23)11-21;/h4-7,13-15H,8-12,21H2,1-3H3;1H. The van der Waals surface area contributed by atoms with E-state index in [0.717, 1.165) is 12.8 Å². The first kappa shape index (κ1) is 21.4. The van der Waals surface area contributed by atoms with Crippen molar-refractivity contribution in [1.82, 2.24) is 14.7 Å². The topological polar surface area (TPSA) is 81.2 Å². The van der Waals surface area contributed by atoms with Crippen LogP contribution in [0.3, 0.4) is 0 Å². The minimum Gasteiger partial charge on any atom is -0.333 e. The molecule has 0 spiro atoms. The Morgan fingerprint density at radius 2 is 1.96 bits per heavy atom. The summed E-state index contributed by atoms with van der Waals surface area (Å²) in [5, 5.41) is 5.64. The zero-order chi connectivity index (χ0) is 18.8. The molecule has 6 nitrogen and oxygen atoms in total. The molecular formula is C20H29ClN4O2. The Morgan fingerprint density at radius 1 is 1.30 bits per heavy atom. The number of nitrogens with two attached hydrogens (primary N) is 1. The third-order valence-corrected chi connectivity index (χ3v) is 5.12. The number of amides is 1. The molecule has 2 N–H and O–H groups in total. The van der Waals surface area contributed by atoms with E-state index >= 15 is 0 Å². The molecular weight excluding hydrogens is 364 g/mol. The molecule has 1 fully saturated rings. The van der Waals surface area contributed by atoms with Crippen LogP contribution in [0.4, 0.5) is 0 Å². The van der Waals surface area contributed by atoms with Gasteiger partial charge in [0.1, 0.15) is 0 Å². The van der Waals surface area contributed by atoms with Crippen molar-refractivity contribution >= 4 is 29.1 Å². The van der Waals surface area contributed by atoms with E-state index in [1.165, 1.54) is 4.68 Å². The Balaban J connectivity index is 0.00000261. The van der Waals surface area contributed by atoms with Crippen molar-refractivity contribution in [1.29, 1.82) is 0 Å². The lowest BCUT2D eigenvalue weighted by Gasteiger charge is -2.38. The summed E-state index contributed by atoms with van der Waals surface area (Å²) in [6.45, 7) is 7.87. The van der Waals surface area contributed by atoms with E-state index in [0.29, 0.717) is 42.0 Å². The first-order valence-electron chi connectivity index (χ1n) is 9.43. The molecule has 2 heterocycles. The SMILES string of the molecule is CC(C)Cn1nc(C(=O)N2CCC(C)CC2CN)c2ccccc2c1=O.Cl. The number of hydrogen-bond acceptors (Lipinski definition) is 4. The Morgan fingerprint density at radius 3 is 2.59 bits per heavy atom. The number of nitrogens with zero attached hydrogens (tertiary/aromatic N) is 3. The summed E-state index contributed by atoms with van der Waals surface area (Å²) >= 11 is 0. The monoisotopic (exact) mass is 392 g/mol. The maximum absolute atomic E-state index is 13.3. The first-order chi connectivity index (χ1) is 12.4. The average molecular weight is 393 g/mol. The number of carbonyl (C=O) groups excluding carboxylic acids is 1. The summed E-state index contributed by atoms with van der Waals surface area (Å²) in [5.74, 6) is 0.699. The summed E-state index contributed by atoms with van der Waals surface area (Å²) in [4.78, 5) is 27.9. The van der Waals surface area contributed by atoms with Crippen molar-refractivity contribution in [2.24, 2.45) is 17.6 Å². The van der Waals surface area contributed by atoms with Crippen LogP contribution in [0.2, 0.25) is 0 Å². The highest BCUT2D eigenvalue weighted by atomic mass is 35.5. The first-order valence-corrected chi connectivity index (χ1v) is 9.43. The number of benzene rings is 1. The number of fused-ring (bicyclic) bond motifs is 1. The second kappa shape index (κ2) is 8.85. The minimum absolute atomic E-state index is 0. The molecule has 3 rings (SSSR count). The summed E-state index contributed by atoms with van der Waals surface area (Å²) in [6.07, 6.45) is 1.87. The highest BCUT2D eigenvalue weighted by molar-refractivity contribution is 6.04. The molecule has 2 unspecified atom stereocenters. The van der Waals surface area contributed by atoms with Gasteiger partial charge in [0.2, 0.25) is 0 Å². The maximum Gasteiger partial charge on any atom is 0.275 e. The summed E-state index contributed by atoms with van der Waals surface area (Å²) in [7, 11) is 0. The van der Waals surface area contributed by atoms with Gasteiger partial charge in [-0.25, -0.2) is 4.68 Å². The van der Waals surface area contributed by atoms with Gasteiger partial charge in [0.25, 0.3) is 11.5 Å². The van der Waals surface area contributed by atoms with Gasteiger partial charge in [0.05, 0.1) is 5.39 Å². The van der Waals surface area contributed by atoms with Crippen LogP contribution in [-0.4, -0.2) is 39.7 Å². The number of carbonyl (C=O) groups is 1. The number of aromatic nitrogens is 2. The summed E-state index contributed by atoms with van der Waals surface area (Å²) in [6, 6.07) is 7.26. The molecule has 1 aromatic heterocycles. The molecule has 0 radical (unpaired) electrons. The molecule has 1 aliphatic heterocycles. The molecule has 27 heavy (non-hydrogen) atoms. The second-order valence-corrected chi connectivity index (χ2v) is 7.79. The van der Waals surface area contributed by atoms with Crippen molar-refractivity contribution in [2.45, 2.75) is 46.2 Å². The molecule has 1 saturated heterocycles. The Hall–Kier alpha value is -1.92. The van der Waals surface area contributed by atoms with Crippen molar-refractivity contribution in [3.63, 3.8) is 0 Å². The van der Waals surface area contributed by atoms with Crippen molar-refractivity contribution < 1.29 is 4.79 Å². The van der Waals surface area contributed by atoms with Gasteiger partial charge < -0.3 is 10.6 Å². The van der Waals surface area contributed by atoms with Crippen LogP contribution in [0.1, 0.15) is 44.1 Å². The van der Waals surface area contributed by atoms with E-state index in [-0.39, 0.29) is 35.8 Å². The van der Waals surface area contributed by atoms with Crippen molar-refractivity contribution in [3.8, 4) is 0 Å². The molecule has 0 saturated carbocycles. The molecule has 148 valence electrons. The number of halogens is 1. The van der Waals surface area contributed by atoms with E-state index in [1.807, 2.05) is 30.9 Å². The largest absolute Gasteiger partial charge is 0.333 e. The van der Waals surface area contributed by atoms with Crippen molar-refractivity contribution in [3.05, 3.63) is 40.3 Å². The zero-order valence-corrected chi connectivity index (χ0v) is 17.0. The molecule has 0 aliphatic carbocycles. The fourth-order valence-electron chi connectivity index (χ4n) is 3.74. The van der Waals surface area contributed by atoms with Crippen LogP contribution in [-0.2, 0) is 6.54 Å². The lowest BCUT2D eigenvalue weighted by Crippen LogP contribution is -2.49. The van der Waals surface area contributed by atoms with Gasteiger partial charge in [-0.1, -0.05) is 39.0 Å². The highest BCUT2D eigenvalue weighted by Crippen LogP contribution is 2.25. The van der Waals surface area contributed by atoms with Crippen molar-refractivity contribution in [2.75, 3.05) is 13.1 Å². The molecule has 0 bridgehead atoms. The van der Waals surface area contributed by atoms with Gasteiger partial charge in [-0.3, -0.25) is 9.59 Å². The fraction of sp³-hybridized carbons (Fsp3) is 0.550. The van der Waals surface area contributed by atoms with Crippen LogP contribution in [0, 0.1) is 11.8 Å². The van der Waals surface area contributed by atoms with Crippen LogP contribution in [0.5, 0.6) is 0 Å². The molecule has 1 aromatic carbocycles. The lowest BCUT2D eigenvalue weighted by molar-refractivity contribution is 0.0567. The van der Waals surface area contributed by atoms with Crippen LogP contribution < -0.4 is 11.3 Å². The minimum atomic E-state index is -0.145. The van der Waals surface area contributed by atoms with Crippen LogP contribution in [0.15, 0.2) is 29.1 Å². The number of piperidine rings is 1. The molecule has 1 aliphatic rings. The van der Waals surface area contributed by atoms with Gasteiger partial charge in [-0.15, -0.1) is 12.4 Å². The third-order valence-electron chi connectivity index (χ3n) is 5.12. The molecule has 1 amide bonds. The Bertz CT molecular complexity index is 865. The third kappa shape index (κ3) is 4.33. The number of likely N-dealkylation sites (tertiary alicyclic amines) is 1. The highest BCUT2D eigenvalue weighted by Gasteiger charge is 2.31. The normalized spacial score (nSPS) is 20.0. The maximum atomic E-state index is 13.3. The van der Waals surface area contributed by atoms with E-state index in [2.05, 4.69) is 12.0 Å².